The molecule has 0 aromatic rings. The molecule has 0 heterocycles. The van der Waals surface area contributed by atoms with Crippen LogP contribution in [-0.2, 0) is 4.79 Å². The first-order chi connectivity index (χ1) is 5.12. The van der Waals surface area contributed by atoms with Gasteiger partial charge < -0.3 is 10.8 Å². The molecule has 0 amide bonds. The molecule has 3 unspecified atom stereocenters. The molecule has 3 N–H and O–H groups in total. The predicted octanol–water partition coefficient (Wildman–Crippen LogP) is 0.588. The molecule has 0 aliphatic heterocycles. The number of aliphatic carboxylic acids is 1. The summed E-state index contributed by atoms with van der Waals surface area (Å²) in [6.45, 7) is 0. The highest BCUT2D eigenvalue weighted by atomic mass is 16.4. The van der Waals surface area contributed by atoms with Gasteiger partial charge >= 0.3 is 5.97 Å². The average Bonchev–Trinajstić information content (AvgIpc) is 2.41. The predicted molar refractivity (Wildman–Crippen MR) is 40.0 cm³/mol. The third-order valence-electron chi connectivity index (χ3n) is 3.25. The number of carbonyl (C=O) groups is 1. The molecule has 2 fully saturated rings. The van der Waals surface area contributed by atoms with Crippen LogP contribution in [0.3, 0.4) is 0 Å². The van der Waals surface area contributed by atoms with Gasteiger partial charge in [-0.3, -0.25) is 4.79 Å². The van der Waals surface area contributed by atoms with Gasteiger partial charge in [-0.15, -0.1) is 0 Å². The zero-order valence-corrected chi connectivity index (χ0v) is 6.42. The monoisotopic (exact) mass is 155 g/mol. The molecule has 62 valence electrons. The third kappa shape index (κ3) is 0.872. The van der Waals surface area contributed by atoms with E-state index < -0.39 is 5.97 Å². The Morgan fingerprint density at radius 1 is 1.64 bits per heavy atom. The molecule has 0 aromatic heterocycles. The van der Waals surface area contributed by atoms with Crippen LogP contribution in [0, 0.1) is 11.8 Å². The van der Waals surface area contributed by atoms with Crippen molar-refractivity contribution in [3.8, 4) is 0 Å². The van der Waals surface area contributed by atoms with Gasteiger partial charge in [0.1, 0.15) is 0 Å². The SMILES string of the molecule is NC12CCC(CC1C(=O)O)C2. The second-order valence-electron chi connectivity index (χ2n) is 3.97. The van der Waals surface area contributed by atoms with Crippen molar-refractivity contribution in [1.29, 1.82) is 0 Å². The maximum atomic E-state index is 10.7. The summed E-state index contributed by atoms with van der Waals surface area (Å²) in [7, 11) is 0. The molecule has 2 saturated carbocycles. The van der Waals surface area contributed by atoms with E-state index in [4.69, 9.17) is 10.8 Å². The molecule has 11 heavy (non-hydrogen) atoms. The number of carboxylic acid groups (broad SMARTS) is 1. The van der Waals surface area contributed by atoms with Gasteiger partial charge in [-0.1, -0.05) is 0 Å². The molecule has 0 radical (unpaired) electrons. The first kappa shape index (κ1) is 7.10. The molecule has 0 aromatic carbocycles. The molecule has 3 heteroatoms. The first-order valence-electron chi connectivity index (χ1n) is 4.13. The fourth-order valence-corrected chi connectivity index (χ4v) is 2.65. The molecule has 3 nitrogen and oxygen atoms in total. The van der Waals surface area contributed by atoms with Crippen molar-refractivity contribution in [1.82, 2.24) is 0 Å². The van der Waals surface area contributed by atoms with E-state index in [0.29, 0.717) is 5.92 Å². The Balaban J connectivity index is 2.21. The van der Waals surface area contributed by atoms with Crippen molar-refractivity contribution in [2.75, 3.05) is 0 Å². The summed E-state index contributed by atoms with van der Waals surface area (Å²) in [5.41, 5.74) is 5.61. The van der Waals surface area contributed by atoms with Crippen LogP contribution in [0.25, 0.3) is 0 Å². The van der Waals surface area contributed by atoms with E-state index in [1.54, 1.807) is 0 Å². The Morgan fingerprint density at radius 2 is 2.36 bits per heavy atom. The van der Waals surface area contributed by atoms with Crippen LogP contribution in [0.15, 0.2) is 0 Å². The van der Waals surface area contributed by atoms with E-state index in [2.05, 4.69) is 0 Å². The van der Waals surface area contributed by atoms with E-state index in [1.165, 1.54) is 0 Å². The standard InChI is InChI=1S/C8H13NO2/c9-8-2-1-5(4-8)3-6(8)7(10)11/h5-6H,1-4,9H2,(H,10,11). The Morgan fingerprint density at radius 3 is 2.64 bits per heavy atom. The molecule has 2 bridgehead atoms. The second-order valence-corrected chi connectivity index (χ2v) is 3.97. The lowest BCUT2D eigenvalue weighted by Gasteiger charge is -2.27. The smallest absolute Gasteiger partial charge is 0.308 e. The lowest BCUT2D eigenvalue weighted by molar-refractivity contribution is -0.143. The number of rotatable bonds is 1. The van der Waals surface area contributed by atoms with Gasteiger partial charge in [-0.2, -0.15) is 0 Å². The normalized spacial score (nSPS) is 48.1. The van der Waals surface area contributed by atoms with Gasteiger partial charge in [-0.25, -0.2) is 0 Å². The van der Waals surface area contributed by atoms with Gasteiger partial charge in [0.05, 0.1) is 5.92 Å². The van der Waals surface area contributed by atoms with Crippen molar-refractivity contribution in [2.45, 2.75) is 31.2 Å². The quantitative estimate of drug-likeness (QED) is 0.582. The summed E-state index contributed by atoms with van der Waals surface area (Å²) < 4.78 is 0. The summed E-state index contributed by atoms with van der Waals surface area (Å²) in [6.07, 6.45) is 3.80. The van der Waals surface area contributed by atoms with Crippen molar-refractivity contribution >= 4 is 5.97 Å². The van der Waals surface area contributed by atoms with E-state index in [-0.39, 0.29) is 11.5 Å². The highest BCUT2D eigenvalue weighted by Gasteiger charge is 2.52. The lowest BCUT2D eigenvalue weighted by Crippen LogP contribution is -2.45. The van der Waals surface area contributed by atoms with E-state index in [1.807, 2.05) is 0 Å². The maximum absolute atomic E-state index is 10.7. The van der Waals surface area contributed by atoms with Gasteiger partial charge in [0, 0.05) is 5.54 Å². The number of carboxylic acids is 1. The summed E-state index contributed by atoms with van der Waals surface area (Å²) >= 11 is 0. The van der Waals surface area contributed by atoms with Crippen LogP contribution in [-0.4, -0.2) is 16.6 Å². The average molecular weight is 155 g/mol. The zero-order chi connectivity index (χ0) is 8.06. The minimum atomic E-state index is -0.699. The van der Waals surface area contributed by atoms with Crippen molar-refractivity contribution in [3.63, 3.8) is 0 Å². The lowest BCUT2D eigenvalue weighted by atomic mass is 9.83. The minimum Gasteiger partial charge on any atom is -0.481 e. The molecule has 0 spiro atoms. The zero-order valence-electron chi connectivity index (χ0n) is 6.42. The highest BCUT2D eigenvalue weighted by molar-refractivity contribution is 5.72. The Hall–Kier alpha value is -0.570. The minimum absolute atomic E-state index is 0.263. The van der Waals surface area contributed by atoms with Gasteiger partial charge in [0.15, 0.2) is 0 Å². The number of hydrogen-bond donors (Lipinski definition) is 2. The Labute approximate surface area is 65.6 Å². The topological polar surface area (TPSA) is 63.3 Å². The van der Waals surface area contributed by atoms with Crippen molar-refractivity contribution < 1.29 is 9.90 Å². The molecule has 2 aliphatic carbocycles. The number of nitrogens with two attached hydrogens (primary N) is 1. The molecular weight excluding hydrogens is 142 g/mol. The van der Waals surface area contributed by atoms with E-state index in [9.17, 15) is 4.79 Å². The largest absolute Gasteiger partial charge is 0.481 e. The Bertz CT molecular complexity index is 204. The number of fused-ring (bicyclic) bond motifs is 2. The molecule has 3 atom stereocenters. The van der Waals surface area contributed by atoms with Crippen molar-refractivity contribution in [3.05, 3.63) is 0 Å². The van der Waals surface area contributed by atoms with Crippen LogP contribution in [0.4, 0.5) is 0 Å². The van der Waals surface area contributed by atoms with Gasteiger partial charge in [-0.05, 0) is 31.6 Å². The molecule has 2 rings (SSSR count). The molecular formula is C8H13NO2. The third-order valence-corrected chi connectivity index (χ3v) is 3.25. The fraction of sp³-hybridized carbons (Fsp3) is 0.875. The summed E-state index contributed by atoms with van der Waals surface area (Å²) in [4.78, 5) is 10.7. The summed E-state index contributed by atoms with van der Waals surface area (Å²) in [6, 6.07) is 0. The van der Waals surface area contributed by atoms with Crippen LogP contribution in [0.2, 0.25) is 0 Å². The van der Waals surface area contributed by atoms with Crippen LogP contribution in [0.1, 0.15) is 25.7 Å². The fourth-order valence-electron chi connectivity index (χ4n) is 2.65. The first-order valence-corrected chi connectivity index (χ1v) is 4.13. The summed E-state index contributed by atoms with van der Waals surface area (Å²) in [5.74, 6) is -0.364. The second kappa shape index (κ2) is 1.97. The maximum Gasteiger partial charge on any atom is 0.308 e. The van der Waals surface area contributed by atoms with Crippen LogP contribution < -0.4 is 5.73 Å². The van der Waals surface area contributed by atoms with E-state index >= 15 is 0 Å². The number of hydrogen-bond acceptors (Lipinski definition) is 2. The molecule has 0 saturated heterocycles. The van der Waals surface area contributed by atoms with Gasteiger partial charge in [0.2, 0.25) is 0 Å². The Kier molecular flexibility index (Phi) is 1.27. The highest BCUT2D eigenvalue weighted by Crippen LogP contribution is 2.49. The molecule has 2 aliphatic rings. The van der Waals surface area contributed by atoms with Crippen LogP contribution >= 0.6 is 0 Å². The van der Waals surface area contributed by atoms with E-state index in [0.717, 1.165) is 25.7 Å². The summed E-state index contributed by atoms with van der Waals surface area (Å²) in [5, 5.41) is 8.82. The van der Waals surface area contributed by atoms with Gasteiger partial charge in [0.25, 0.3) is 0 Å². The van der Waals surface area contributed by atoms with Crippen LogP contribution in [0.5, 0.6) is 0 Å². The van der Waals surface area contributed by atoms with Crippen molar-refractivity contribution in [2.24, 2.45) is 17.6 Å².